The summed E-state index contributed by atoms with van der Waals surface area (Å²) < 4.78 is 11.7. The molecule has 0 aliphatic carbocycles. The van der Waals surface area contributed by atoms with Gasteiger partial charge in [-0.15, -0.1) is 59.6 Å². The van der Waals surface area contributed by atoms with Crippen LogP contribution in [0.3, 0.4) is 0 Å². The number of alkyl halides is 2. The molecule has 2 heterocycles. The molecule has 18 heavy (non-hydrogen) atoms. The van der Waals surface area contributed by atoms with E-state index in [0.717, 1.165) is 5.69 Å². The van der Waals surface area contributed by atoms with Crippen molar-refractivity contribution in [3.63, 3.8) is 0 Å². The van der Waals surface area contributed by atoms with Gasteiger partial charge in [0.1, 0.15) is 6.67 Å². The lowest BCUT2D eigenvalue weighted by atomic mass is 10.4. The van der Waals surface area contributed by atoms with Gasteiger partial charge >= 0.3 is 0 Å². The number of aromatic nitrogens is 2. The predicted octanol–water partition coefficient (Wildman–Crippen LogP) is 4.61. The van der Waals surface area contributed by atoms with Crippen LogP contribution in [0.1, 0.15) is 11.4 Å². The topological polar surface area (TPSA) is 25.8 Å². The third kappa shape index (κ3) is 8.98. The van der Waals surface area contributed by atoms with Crippen molar-refractivity contribution >= 4 is 59.6 Å². The van der Waals surface area contributed by atoms with E-state index in [4.69, 9.17) is 11.6 Å². The van der Waals surface area contributed by atoms with Gasteiger partial charge in [0.2, 0.25) is 0 Å². The number of halogens is 4. The molecule has 2 nitrogen and oxygen atoms in total. The summed E-state index contributed by atoms with van der Waals surface area (Å²) >= 11 is 5.46. The highest BCUT2D eigenvalue weighted by Gasteiger charge is 1.85. The predicted molar refractivity (Wildman–Crippen MR) is 93.7 cm³/mol. The van der Waals surface area contributed by atoms with Crippen LogP contribution in [0.25, 0.3) is 0 Å². The Morgan fingerprint density at radius 2 is 1.39 bits per heavy atom. The maximum atomic E-state index is 11.7. The van der Waals surface area contributed by atoms with Crippen LogP contribution in [-0.2, 0) is 12.6 Å². The molecule has 2 rings (SSSR count). The van der Waals surface area contributed by atoms with Crippen LogP contribution in [-0.4, -0.2) is 9.97 Å². The Labute approximate surface area is 145 Å². The van der Waals surface area contributed by atoms with Crippen LogP contribution in [0.4, 0.5) is 4.39 Å². The first kappa shape index (κ1) is 20.3. The van der Waals surface area contributed by atoms with Gasteiger partial charge in [0.15, 0.2) is 0 Å². The highest BCUT2D eigenvalue weighted by molar-refractivity contribution is 14.0. The van der Waals surface area contributed by atoms with Gasteiger partial charge in [-0.05, 0) is 24.3 Å². The van der Waals surface area contributed by atoms with Crippen LogP contribution >= 0.6 is 59.6 Å². The van der Waals surface area contributed by atoms with Gasteiger partial charge in [0.05, 0.1) is 17.3 Å². The smallest absolute Gasteiger partial charge is 0.131 e. The molecule has 0 saturated heterocycles. The normalized spacial score (nSPS) is 8.11. The van der Waals surface area contributed by atoms with Crippen molar-refractivity contribution in [2.45, 2.75) is 12.6 Å². The fourth-order valence-corrected chi connectivity index (χ4v) is 1.11. The fraction of sp³-hybridized carbons (Fsp3) is 0.167. The van der Waals surface area contributed by atoms with Crippen LogP contribution < -0.4 is 0 Å². The van der Waals surface area contributed by atoms with Gasteiger partial charge in [-0.25, -0.2) is 4.39 Å². The summed E-state index contributed by atoms with van der Waals surface area (Å²) in [6.07, 6.45) is 3.31. The molecule has 0 aliphatic heterocycles. The summed E-state index contributed by atoms with van der Waals surface area (Å²) in [7, 11) is 0. The maximum Gasteiger partial charge on any atom is 0.131 e. The zero-order chi connectivity index (χ0) is 11.6. The van der Waals surface area contributed by atoms with Gasteiger partial charge in [0, 0.05) is 12.4 Å². The second-order valence-electron chi connectivity index (χ2n) is 2.91. The third-order valence-electron chi connectivity index (χ3n) is 1.73. The number of pyridine rings is 2. The van der Waals surface area contributed by atoms with Gasteiger partial charge in [-0.1, -0.05) is 12.1 Å². The van der Waals surface area contributed by atoms with Gasteiger partial charge < -0.3 is 0 Å². The monoisotopic (exact) mass is 494 g/mol. The number of rotatable bonds is 2. The molecule has 0 aromatic carbocycles. The molecule has 0 spiro atoms. The van der Waals surface area contributed by atoms with Crippen LogP contribution in [0.2, 0.25) is 0 Å². The summed E-state index contributed by atoms with van der Waals surface area (Å²) in [6, 6.07) is 10.9. The van der Waals surface area contributed by atoms with E-state index in [9.17, 15) is 4.39 Å². The first-order chi connectivity index (χ1) is 7.86. The lowest BCUT2D eigenvalue weighted by Gasteiger charge is -1.87. The summed E-state index contributed by atoms with van der Waals surface area (Å²) in [5, 5.41) is 0. The van der Waals surface area contributed by atoms with E-state index >= 15 is 0 Å². The third-order valence-corrected chi connectivity index (χ3v) is 2.00. The molecule has 0 unspecified atom stereocenters. The molecule has 100 valence electrons. The summed E-state index contributed by atoms with van der Waals surface area (Å²) in [5.41, 5.74) is 1.42. The highest BCUT2D eigenvalue weighted by Crippen LogP contribution is 1.95. The van der Waals surface area contributed by atoms with E-state index in [1.807, 2.05) is 18.2 Å². The molecule has 0 radical (unpaired) electrons. The molecule has 6 heteroatoms. The minimum atomic E-state index is -0.471. The summed E-state index contributed by atoms with van der Waals surface area (Å²) in [6.45, 7) is -0.471. The maximum absolute atomic E-state index is 11.7. The van der Waals surface area contributed by atoms with Crippen molar-refractivity contribution in [3.8, 4) is 0 Å². The Balaban J connectivity index is 0. The van der Waals surface area contributed by atoms with Crippen LogP contribution in [0.5, 0.6) is 0 Å². The molecule has 0 bridgehead atoms. The molecule has 0 atom stereocenters. The number of hydrogen-bond acceptors (Lipinski definition) is 2. The zero-order valence-electron chi connectivity index (χ0n) is 9.50. The molecule has 0 N–H and O–H groups in total. The molecule has 2 aromatic heterocycles. The Hall–Kier alpha value is -0.0200. The van der Waals surface area contributed by atoms with Crippen LogP contribution in [0, 0.1) is 0 Å². The second kappa shape index (κ2) is 13.4. The number of hydrogen-bond donors (Lipinski definition) is 0. The Morgan fingerprint density at radius 1 is 0.889 bits per heavy atom. The minimum Gasteiger partial charge on any atom is -0.260 e. The molecule has 2 aromatic rings. The Kier molecular flexibility index (Phi) is 15.1. The average molecular weight is 495 g/mol. The zero-order valence-corrected chi connectivity index (χ0v) is 14.9. The lowest BCUT2D eigenvalue weighted by molar-refractivity contribution is 0.476. The first-order valence-corrected chi connectivity index (χ1v) is 5.32. The average Bonchev–Trinajstić information content (AvgIpc) is 2.41. The van der Waals surface area contributed by atoms with Crippen LogP contribution in [0.15, 0.2) is 48.8 Å². The molecular weight excluding hydrogens is 480 g/mol. The van der Waals surface area contributed by atoms with Crippen molar-refractivity contribution < 1.29 is 4.39 Å². The Bertz CT molecular complexity index is 350. The van der Waals surface area contributed by atoms with Gasteiger partial charge in [0.25, 0.3) is 0 Å². The van der Waals surface area contributed by atoms with Crippen molar-refractivity contribution in [1.82, 2.24) is 9.97 Å². The van der Waals surface area contributed by atoms with E-state index in [1.54, 1.807) is 30.6 Å². The Morgan fingerprint density at radius 3 is 1.61 bits per heavy atom. The lowest BCUT2D eigenvalue weighted by Crippen LogP contribution is -1.80. The fourth-order valence-electron chi connectivity index (χ4n) is 0.954. The molecule has 0 aliphatic rings. The van der Waals surface area contributed by atoms with E-state index in [1.165, 1.54) is 0 Å². The molecule has 0 saturated carbocycles. The largest absolute Gasteiger partial charge is 0.260 e. The summed E-state index contributed by atoms with van der Waals surface area (Å²) in [5.74, 6) is 0.501. The molecule has 0 fully saturated rings. The van der Waals surface area contributed by atoms with Gasteiger partial charge in [-0.2, -0.15) is 0 Å². The minimum absolute atomic E-state index is 0. The molecular formula is C12H14ClFI2N2. The van der Waals surface area contributed by atoms with E-state index in [-0.39, 0.29) is 48.0 Å². The van der Waals surface area contributed by atoms with Crippen molar-refractivity contribution in [1.29, 1.82) is 0 Å². The number of nitrogens with zero attached hydrogens (tertiary/aromatic N) is 2. The highest BCUT2D eigenvalue weighted by atomic mass is 127. The molecule has 0 amide bonds. The van der Waals surface area contributed by atoms with E-state index in [2.05, 4.69) is 9.97 Å². The van der Waals surface area contributed by atoms with Crippen molar-refractivity contribution in [3.05, 3.63) is 60.2 Å². The summed E-state index contributed by atoms with van der Waals surface area (Å²) in [4.78, 5) is 7.69. The SMILES string of the molecule is ClCc1ccccn1.FCc1ccccn1.I.I. The quantitative estimate of drug-likeness (QED) is 0.450. The van der Waals surface area contributed by atoms with Gasteiger partial charge in [-0.3, -0.25) is 9.97 Å². The van der Waals surface area contributed by atoms with E-state index < -0.39 is 6.67 Å². The van der Waals surface area contributed by atoms with Crippen molar-refractivity contribution in [2.24, 2.45) is 0 Å². The van der Waals surface area contributed by atoms with E-state index in [0.29, 0.717) is 11.6 Å². The standard InChI is InChI=1S/C6H6ClN.C6H6FN.2HI/c2*7-5-6-3-1-2-4-8-6;;/h2*1-4H,5H2;2*1H. The van der Waals surface area contributed by atoms with Crippen molar-refractivity contribution in [2.75, 3.05) is 0 Å². The second-order valence-corrected chi connectivity index (χ2v) is 3.18. The first-order valence-electron chi connectivity index (χ1n) is 4.78.